The van der Waals surface area contributed by atoms with Crippen molar-refractivity contribution in [1.29, 1.82) is 0 Å². The topological polar surface area (TPSA) is 72.7 Å². The Kier molecular flexibility index (Phi) is 4.16. The highest BCUT2D eigenvalue weighted by atomic mass is 35.5. The molecule has 0 aromatic carbocycles. The minimum atomic E-state index is -0.169. The van der Waals surface area contributed by atoms with Gasteiger partial charge in [-0.3, -0.25) is 4.79 Å². The third-order valence-electron chi connectivity index (χ3n) is 2.04. The molecule has 0 saturated heterocycles. The Morgan fingerprint density at radius 3 is 3.11 bits per heavy atom. The molecule has 6 nitrogen and oxygen atoms in total. The maximum atomic E-state index is 11.7. The molecule has 0 saturated carbocycles. The van der Waals surface area contributed by atoms with Crippen molar-refractivity contribution in [3.8, 4) is 0 Å². The van der Waals surface area contributed by atoms with Gasteiger partial charge in [0.2, 0.25) is 5.91 Å². The van der Waals surface area contributed by atoms with Gasteiger partial charge < -0.3 is 9.88 Å². The molecule has 0 aliphatic carbocycles. The molecule has 0 aliphatic heterocycles. The number of nitrogens with zero attached hydrogens (tertiary/aromatic N) is 4. The van der Waals surface area contributed by atoms with Crippen LogP contribution in [0, 0.1) is 0 Å². The molecule has 0 fully saturated rings. The first kappa shape index (κ1) is 12.8. The standard InChI is InChI=1S/C10H10ClN5OS/c1-16-6-13-15-10(16)18-5-8(17)14-7-3-2-4-12-9(7)11/h2-4,6H,5H2,1H3,(H,14,17). The van der Waals surface area contributed by atoms with Crippen LogP contribution in [0.25, 0.3) is 0 Å². The molecule has 0 spiro atoms. The molecule has 18 heavy (non-hydrogen) atoms. The van der Waals surface area contributed by atoms with Gasteiger partial charge in [0.25, 0.3) is 0 Å². The molecule has 0 radical (unpaired) electrons. The Balaban J connectivity index is 1.90. The van der Waals surface area contributed by atoms with Crippen LogP contribution >= 0.6 is 23.4 Å². The summed E-state index contributed by atoms with van der Waals surface area (Å²) in [5.74, 6) is 0.0653. The van der Waals surface area contributed by atoms with E-state index < -0.39 is 0 Å². The molecule has 94 valence electrons. The first-order valence-corrected chi connectivity index (χ1v) is 6.40. The SMILES string of the molecule is Cn1cnnc1SCC(=O)Nc1cccnc1Cl. The van der Waals surface area contributed by atoms with Crippen molar-refractivity contribution in [3.05, 3.63) is 29.8 Å². The van der Waals surface area contributed by atoms with Gasteiger partial charge >= 0.3 is 0 Å². The van der Waals surface area contributed by atoms with E-state index in [1.165, 1.54) is 11.8 Å². The second-order valence-electron chi connectivity index (χ2n) is 3.40. The Morgan fingerprint density at radius 1 is 1.61 bits per heavy atom. The highest BCUT2D eigenvalue weighted by Crippen LogP contribution is 2.19. The van der Waals surface area contributed by atoms with Crippen LogP contribution in [0.15, 0.2) is 29.8 Å². The first-order valence-electron chi connectivity index (χ1n) is 5.04. The molecule has 2 aromatic heterocycles. The van der Waals surface area contributed by atoms with Gasteiger partial charge in [0.15, 0.2) is 10.3 Å². The fraction of sp³-hybridized carbons (Fsp3) is 0.200. The van der Waals surface area contributed by atoms with Crippen molar-refractivity contribution >= 4 is 35.0 Å². The lowest BCUT2D eigenvalue weighted by molar-refractivity contribution is -0.113. The summed E-state index contributed by atoms with van der Waals surface area (Å²) in [6, 6.07) is 3.40. The van der Waals surface area contributed by atoms with E-state index in [9.17, 15) is 4.79 Å². The fourth-order valence-corrected chi connectivity index (χ4v) is 2.05. The summed E-state index contributed by atoms with van der Waals surface area (Å²) in [6.45, 7) is 0. The molecule has 0 aliphatic rings. The van der Waals surface area contributed by atoms with E-state index >= 15 is 0 Å². The number of halogens is 1. The average Bonchev–Trinajstić information content (AvgIpc) is 2.75. The van der Waals surface area contributed by atoms with Gasteiger partial charge in [0.05, 0.1) is 11.4 Å². The number of amides is 1. The van der Waals surface area contributed by atoms with Crippen molar-refractivity contribution in [1.82, 2.24) is 19.7 Å². The van der Waals surface area contributed by atoms with Gasteiger partial charge in [-0.2, -0.15) is 0 Å². The second-order valence-corrected chi connectivity index (χ2v) is 4.70. The fourth-order valence-electron chi connectivity index (χ4n) is 1.20. The van der Waals surface area contributed by atoms with E-state index in [0.717, 1.165) is 0 Å². The quantitative estimate of drug-likeness (QED) is 0.681. The molecule has 1 N–H and O–H groups in total. The van der Waals surface area contributed by atoms with Gasteiger partial charge in [-0.1, -0.05) is 23.4 Å². The van der Waals surface area contributed by atoms with Crippen LogP contribution in [0.4, 0.5) is 5.69 Å². The van der Waals surface area contributed by atoms with Gasteiger partial charge in [-0.25, -0.2) is 4.98 Å². The number of thioether (sulfide) groups is 1. The molecule has 2 heterocycles. The second kappa shape index (κ2) is 5.83. The van der Waals surface area contributed by atoms with E-state index in [4.69, 9.17) is 11.6 Å². The number of hydrogen-bond donors (Lipinski definition) is 1. The minimum absolute atomic E-state index is 0.169. The summed E-state index contributed by atoms with van der Waals surface area (Å²) < 4.78 is 1.75. The van der Waals surface area contributed by atoms with Crippen LogP contribution in [-0.2, 0) is 11.8 Å². The van der Waals surface area contributed by atoms with Crippen molar-refractivity contribution < 1.29 is 4.79 Å². The lowest BCUT2D eigenvalue weighted by Gasteiger charge is -2.05. The Bertz CT molecular complexity index is 559. The van der Waals surface area contributed by atoms with Crippen molar-refractivity contribution in [3.63, 3.8) is 0 Å². The van der Waals surface area contributed by atoms with Crippen LogP contribution in [0.1, 0.15) is 0 Å². The smallest absolute Gasteiger partial charge is 0.234 e. The normalized spacial score (nSPS) is 10.3. The number of anilines is 1. The first-order chi connectivity index (χ1) is 8.66. The van der Waals surface area contributed by atoms with Crippen LogP contribution in [0.3, 0.4) is 0 Å². The maximum Gasteiger partial charge on any atom is 0.234 e. The number of rotatable bonds is 4. The third kappa shape index (κ3) is 3.21. The summed E-state index contributed by atoms with van der Waals surface area (Å²) in [6.07, 6.45) is 3.14. The number of aromatic nitrogens is 4. The number of pyridine rings is 1. The molecule has 2 rings (SSSR count). The predicted octanol–water partition coefficient (Wildman–Crippen LogP) is 1.59. The molecule has 1 amide bonds. The number of nitrogens with one attached hydrogen (secondary N) is 1. The van der Waals surface area contributed by atoms with Crippen LogP contribution < -0.4 is 5.32 Å². The van der Waals surface area contributed by atoms with E-state index in [0.29, 0.717) is 10.8 Å². The summed E-state index contributed by atoms with van der Waals surface area (Å²) in [7, 11) is 1.82. The summed E-state index contributed by atoms with van der Waals surface area (Å²) in [5, 5.41) is 11.2. The Morgan fingerprint density at radius 2 is 2.44 bits per heavy atom. The van der Waals surface area contributed by atoms with Crippen LogP contribution in [-0.4, -0.2) is 31.4 Å². The summed E-state index contributed by atoms with van der Waals surface area (Å²) in [4.78, 5) is 15.6. The molecule has 0 atom stereocenters. The average molecular weight is 284 g/mol. The van der Waals surface area contributed by atoms with Crippen LogP contribution in [0.5, 0.6) is 0 Å². The lowest BCUT2D eigenvalue weighted by Crippen LogP contribution is -2.15. The number of hydrogen-bond acceptors (Lipinski definition) is 5. The monoisotopic (exact) mass is 283 g/mol. The molecular weight excluding hydrogens is 274 g/mol. The van der Waals surface area contributed by atoms with Gasteiger partial charge in [-0.15, -0.1) is 10.2 Å². The van der Waals surface area contributed by atoms with E-state index in [-0.39, 0.29) is 16.8 Å². The predicted molar refractivity (Wildman–Crippen MR) is 69.6 cm³/mol. The van der Waals surface area contributed by atoms with E-state index in [2.05, 4.69) is 20.5 Å². The lowest BCUT2D eigenvalue weighted by atomic mass is 10.4. The molecular formula is C10H10ClN5OS. The van der Waals surface area contributed by atoms with Crippen LogP contribution in [0.2, 0.25) is 5.15 Å². The van der Waals surface area contributed by atoms with Gasteiger partial charge in [0.1, 0.15) is 6.33 Å². The van der Waals surface area contributed by atoms with E-state index in [1.807, 2.05) is 7.05 Å². The number of aryl methyl sites for hydroxylation is 1. The molecule has 0 unspecified atom stereocenters. The van der Waals surface area contributed by atoms with Gasteiger partial charge in [-0.05, 0) is 12.1 Å². The molecule has 2 aromatic rings. The Hall–Kier alpha value is -1.60. The van der Waals surface area contributed by atoms with Crippen molar-refractivity contribution in [2.45, 2.75) is 5.16 Å². The maximum absolute atomic E-state index is 11.7. The zero-order valence-corrected chi connectivity index (χ0v) is 11.1. The molecule has 0 bridgehead atoms. The van der Waals surface area contributed by atoms with E-state index in [1.54, 1.807) is 29.2 Å². The summed E-state index contributed by atoms with van der Waals surface area (Å²) in [5.41, 5.74) is 0.503. The highest BCUT2D eigenvalue weighted by Gasteiger charge is 2.09. The third-order valence-corrected chi connectivity index (χ3v) is 3.37. The van der Waals surface area contributed by atoms with Crippen molar-refractivity contribution in [2.75, 3.05) is 11.1 Å². The largest absolute Gasteiger partial charge is 0.323 e. The highest BCUT2D eigenvalue weighted by molar-refractivity contribution is 7.99. The zero-order chi connectivity index (χ0) is 13.0. The zero-order valence-electron chi connectivity index (χ0n) is 9.50. The minimum Gasteiger partial charge on any atom is -0.323 e. The number of carbonyl (C=O) groups is 1. The molecule has 8 heteroatoms. The number of carbonyl (C=O) groups excluding carboxylic acids is 1. The van der Waals surface area contributed by atoms with Gasteiger partial charge in [0, 0.05) is 13.2 Å². The Labute approximate surface area is 113 Å². The van der Waals surface area contributed by atoms with Crippen molar-refractivity contribution in [2.24, 2.45) is 7.05 Å². The summed E-state index contributed by atoms with van der Waals surface area (Å²) >= 11 is 7.13.